The number of hydrogen-bond donors (Lipinski definition) is 1. The minimum absolute atomic E-state index is 0.294. The molecule has 0 atom stereocenters. The lowest BCUT2D eigenvalue weighted by Crippen LogP contribution is -2.09. The van der Waals surface area contributed by atoms with Crippen LogP contribution in [0.4, 0.5) is 5.69 Å². The Labute approximate surface area is 154 Å². The summed E-state index contributed by atoms with van der Waals surface area (Å²) in [6, 6.07) is 10.7. The minimum Gasteiger partial charge on any atom is -0.495 e. The number of carbonyl (C=O) groups excluding carboxylic acids is 1. The molecule has 0 aliphatic rings. The lowest BCUT2D eigenvalue weighted by atomic mass is 10.2. The van der Waals surface area contributed by atoms with Gasteiger partial charge in [-0.05, 0) is 49.4 Å². The number of anilines is 1. The van der Waals surface area contributed by atoms with Crippen molar-refractivity contribution in [2.75, 3.05) is 19.0 Å². The van der Waals surface area contributed by atoms with Gasteiger partial charge >= 0.3 is 0 Å². The maximum absolute atomic E-state index is 12.2. The first kappa shape index (κ1) is 18.4. The fourth-order valence-corrected chi connectivity index (χ4v) is 2.61. The number of halogens is 2. The van der Waals surface area contributed by atoms with Crippen molar-refractivity contribution in [3.05, 3.63) is 57.5 Å². The molecule has 0 bridgehead atoms. The topological polar surface area (TPSA) is 47.6 Å². The largest absolute Gasteiger partial charge is 0.495 e. The fraction of sp³-hybridized carbons (Fsp3) is 0.167. The Bertz CT molecular complexity index is 762. The summed E-state index contributed by atoms with van der Waals surface area (Å²) in [5.74, 6) is 0.960. The molecule has 1 N–H and O–H groups in total. The van der Waals surface area contributed by atoms with E-state index in [1.165, 1.54) is 13.2 Å². The SMILES string of the molecule is CCOc1ccc(Br)cc1C=CC(=O)Nc1cc(Cl)ccc1OC. The van der Waals surface area contributed by atoms with Crippen molar-refractivity contribution in [2.24, 2.45) is 0 Å². The van der Waals surface area contributed by atoms with Crippen LogP contribution in [0.2, 0.25) is 5.02 Å². The van der Waals surface area contributed by atoms with Crippen LogP contribution in [-0.2, 0) is 4.79 Å². The molecule has 0 aliphatic carbocycles. The molecule has 126 valence electrons. The molecule has 4 nitrogen and oxygen atoms in total. The molecule has 1 amide bonds. The average molecular weight is 411 g/mol. The van der Waals surface area contributed by atoms with Gasteiger partial charge in [0.25, 0.3) is 0 Å². The van der Waals surface area contributed by atoms with Gasteiger partial charge in [0.1, 0.15) is 11.5 Å². The van der Waals surface area contributed by atoms with E-state index in [2.05, 4.69) is 21.2 Å². The minimum atomic E-state index is -0.294. The van der Waals surface area contributed by atoms with Crippen molar-refractivity contribution in [1.82, 2.24) is 0 Å². The van der Waals surface area contributed by atoms with E-state index in [9.17, 15) is 4.79 Å². The number of benzene rings is 2. The normalized spacial score (nSPS) is 10.7. The Balaban J connectivity index is 2.17. The molecule has 6 heteroatoms. The molecule has 0 unspecified atom stereocenters. The molecular weight excluding hydrogens is 394 g/mol. The van der Waals surface area contributed by atoms with Crippen LogP contribution in [0, 0.1) is 0 Å². The van der Waals surface area contributed by atoms with Crippen LogP contribution in [0.1, 0.15) is 12.5 Å². The standard InChI is InChI=1S/C18H17BrClNO3/c1-3-24-16-7-5-13(19)10-12(16)4-9-18(22)21-15-11-14(20)6-8-17(15)23-2/h4-11H,3H2,1-2H3,(H,21,22). The molecule has 0 radical (unpaired) electrons. The van der Waals surface area contributed by atoms with Crippen molar-refractivity contribution in [1.29, 1.82) is 0 Å². The third-order valence-corrected chi connectivity index (χ3v) is 3.83. The van der Waals surface area contributed by atoms with Gasteiger partial charge in [0.15, 0.2) is 0 Å². The summed E-state index contributed by atoms with van der Waals surface area (Å²) in [5, 5.41) is 3.27. The van der Waals surface area contributed by atoms with Crippen LogP contribution in [0.15, 0.2) is 46.9 Å². The van der Waals surface area contributed by atoms with E-state index in [1.807, 2.05) is 25.1 Å². The first-order valence-corrected chi connectivity index (χ1v) is 8.45. The van der Waals surface area contributed by atoms with E-state index >= 15 is 0 Å². The molecule has 0 spiro atoms. The molecule has 0 fully saturated rings. The van der Waals surface area contributed by atoms with Crippen LogP contribution >= 0.6 is 27.5 Å². The first-order chi connectivity index (χ1) is 11.5. The van der Waals surface area contributed by atoms with Gasteiger partial charge in [0.05, 0.1) is 19.4 Å². The van der Waals surface area contributed by atoms with Gasteiger partial charge in [-0.25, -0.2) is 0 Å². The van der Waals surface area contributed by atoms with E-state index < -0.39 is 0 Å². The zero-order valence-corrected chi connectivity index (χ0v) is 15.6. The summed E-state index contributed by atoms with van der Waals surface area (Å²) in [6.45, 7) is 2.46. The van der Waals surface area contributed by atoms with Crippen LogP contribution in [-0.4, -0.2) is 19.6 Å². The van der Waals surface area contributed by atoms with E-state index in [1.54, 1.807) is 24.3 Å². The maximum atomic E-state index is 12.2. The van der Waals surface area contributed by atoms with Crippen molar-refractivity contribution < 1.29 is 14.3 Å². The third-order valence-electron chi connectivity index (χ3n) is 3.11. The van der Waals surface area contributed by atoms with Crippen molar-refractivity contribution in [2.45, 2.75) is 6.92 Å². The molecule has 0 heterocycles. The zero-order valence-electron chi connectivity index (χ0n) is 13.3. The maximum Gasteiger partial charge on any atom is 0.248 e. The van der Waals surface area contributed by atoms with E-state index in [0.717, 1.165) is 10.0 Å². The quantitative estimate of drug-likeness (QED) is 0.669. The number of ether oxygens (including phenoxy) is 2. The van der Waals surface area contributed by atoms with Gasteiger partial charge in [-0.3, -0.25) is 4.79 Å². The second-order valence-electron chi connectivity index (χ2n) is 4.78. The summed E-state index contributed by atoms with van der Waals surface area (Å²) in [6.07, 6.45) is 3.13. The zero-order chi connectivity index (χ0) is 17.5. The summed E-state index contributed by atoms with van der Waals surface area (Å²) in [7, 11) is 1.53. The second-order valence-corrected chi connectivity index (χ2v) is 6.13. The highest BCUT2D eigenvalue weighted by atomic mass is 79.9. The molecular formula is C18H17BrClNO3. The summed E-state index contributed by atoms with van der Waals surface area (Å²) in [5.41, 5.74) is 1.32. The number of amides is 1. The van der Waals surface area contributed by atoms with Gasteiger partial charge in [-0.2, -0.15) is 0 Å². The fourth-order valence-electron chi connectivity index (χ4n) is 2.05. The van der Waals surface area contributed by atoms with Crippen molar-refractivity contribution in [3.8, 4) is 11.5 Å². The van der Waals surface area contributed by atoms with Crippen molar-refractivity contribution >= 4 is 45.2 Å². The Morgan fingerprint density at radius 3 is 2.71 bits per heavy atom. The van der Waals surface area contributed by atoms with Crippen molar-refractivity contribution in [3.63, 3.8) is 0 Å². The Morgan fingerprint density at radius 2 is 2.00 bits per heavy atom. The van der Waals surface area contributed by atoms with Gasteiger partial charge < -0.3 is 14.8 Å². The van der Waals surface area contributed by atoms with Crippen LogP contribution < -0.4 is 14.8 Å². The number of rotatable bonds is 6. The monoisotopic (exact) mass is 409 g/mol. The second kappa shape index (κ2) is 8.76. The first-order valence-electron chi connectivity index (χ1n) is 7.28. The molecule has 0 aliphatic heterocycles. The highest BCUT2D eigenvalue weighted by Crippen LogP contribution is 2.28. The molecule has 2 rings (SSSR count). The predicted molar refractivity (Wildman–Crippen MR) is 101 cm³/mol. The highest BCUT2D eigenvalue weighted by Gasteiger charge is 2.07. The van der Waals surface area contributed by atoms with Gasteiger partial charge in [0, 0.05) is 21.1 Å². The lowest BCUT2D eigenvalue weighted by molar-refractivity contribution is -0.111. The third kappa shape index (κ3) is 5.01. The average Bonchev–Trinajstić information content (AvgIpc) is 2.55. The number of nitrogens with one attached hydrogen (secondary N) is 1. The van der Waals surface area contributed by atoms with Crippen LogP contribution in [0.5, 0.6) is 11.5 Å². The smallest absolute Gasteiger partial charge is 0.248 e. The molecule has 0 aromatic heterocycles. The Morgan fingerprint density at radius 1 is 1.25 bits per heavy atom. The van der Waals surface area contributed by atoms with Gasteiger partial charge in [-0.15, -0.1) is 0 Å². The number of carbonyl (C=O) groups is 1. The highest BCUT2D eigenvalue weighted by molar-refractivity contribution is 9.10. The Hall–Kier alpha value is -1.98. The molecule has 0 saturated heterocycles. The molecule has 2 aromatic carbocycles. The summed E-state index contributed by atoms with van der Waals surface area (Å²) >= 11 is 9.37. The number of methoxy groups -OCH3 is 1. The van der Waals surface area contributed by atoms with Gasteiger partial charge in [0.2, 0.25) is 5.91 Å². The Kier molecular flexibility index (Phi) is 6.70. The van der Waals surface area contributed by atoms with Crippen LogP contribution in [0.3, 0.4) is 0 Å². The van der Waals surface area contributed by atoms with E-state index in [4.69, 9.17) is 21.1 Å². The number of hydrogen-bond acceptors (Lipinski definition) is 3. The van der Waals surface area contributed by atoms with Crippen LogP contribution in [0.25, 0.3) is 6.08 Å². The van der Waals surface area contributed by atoms with E-state index in [-0.39, 0.29) is 5.91 Å². The van der Waals surface area contributed by atoms with Gasteiger partial charge in [-0.1, -0.05) is 27.5 Å². The summed E-state index contributed by atoms with van der Waals surface area (Å²) in [4.78, 5) is 12.2. The summed E-state index contributed by atoms with van der Waals surface area (Å²) < 4.78 is 11.7. The predicted octanol–water partition coefficient (Wildman–Crippen LogP) is 5.16. The molecule has 24 heavy (non-hydrogen) atoms. The molecule has 0 saturated carbocycles. The lowest BCUT2D eigenvalue weighted by Gasteiger charge is -2.09. The molecule has 2 aromatic rings. The van der Waals surface area contributed by atoms with E-state index in [0.29, 0.717) is 28.8 Å².